The van der Waals surface area contributed by atoms with Crippen molar-refractivity contribution in [1.82, 2.24) is 4.90 Å². The van der Waals surface area contributed by atoms with Gasteiger partial charge in [0.25, 0.3) is 11.8 Å². The van der Waals surface area contributed by atoms with Crippen molar-refractivity contribution in [2.75, 3.05) is 26.4 Å². The predicted octanol–water partition coefficient (Wildman–Crippen LogP) is 2.94. The molecule has 2 aromatic carbocycles. The van der Waals surface area contributed by atoms with E-state index in [0.717, 1.165) is 15.9 Å². The van der Waals surface area contributed by atoms with E-state index in [1.54, 1.807) is 24.3 Å². The van der Waals surface area contributed by atoms with Crippen molar-refractivity contribution in [3.8, 4) is 0 Å². The highest BCUT2D eigenvalue weighted by Crippen LogP contribution is 2.34. The van der Waals surface area contributed by atoms with Gasteiger partial charge in [0.2, 0.25) is 0 Å². The van der Waals surface area contributed by atoms with Gasteiger partial charge in [-0.15, -0.1) is 0 Å². The smallest absolute Gasteiger partial charge is 0.330 e. The van der Waals surface area contributed by atoms with Gasteiger partial charge in [-0.1, -0.05) is 34.6 Å². The van der Waals surface area contributed by atoms with Gasteiger partial charge in [0.15, 0.2) is 0 Å². The second-order valence-electron chi connectivity index (χ2n) is 5.57. The fraction of sp³-hybridized carbons (Fsp3) is 0.211. The summed E-state index contributed by atoms with van der Waals surface area (Å²) < 4.78 is 11.0. The van der Waals surface area contributed by atoms with Crippen LogP contribution in [0, 0.1) is 0 Å². The molecule has 0 atom stereocenters. The minimum Gasteiger partial charge on any atom is -0.460 e. The van der Waals surface area contributed by atoms with Crippen LogP contribution in [0.1, 0.15) is 20.7 Å². The predicted molar refractivity (Wildman–Crippen MR) is 99.0 cm³/mol. The van der Waals surface area contributed by atoms with Gasteiger partial charge in [0.1, 0.15) is 6.61 Å². The molecular formula is C19H16BrNO5. The molecule has 3 rings (SSSR count). The molecular weight excluding hydrogens is 402 g/mol. The van der Waals surface area contributed by atoms with Crippen molar-refractivity contribution < 1.29 is 23.9 Å². The van der Waals surface area contributed by atoms with Crippen molar-refractivity contribution in [3.05, 3.63) is 58.6 Å². The highest BCUT2D eigenvalue weighted by molar-refractivity contribution is 9.10. The van der Waals surface area contributed by atoms with Gasteiger partial charge in [-0.05, 0) is 23.6 Å². The molecule has 0 aromatic heterocycles. The molecule has 1 heterocycles. The Morgan fingerprint density at radius 2 is 1.81 bits per heavy atom. The van der Waals surface area contributed by atoms with Crippen LogP contribution in [0.2, 0.25) is 0 Å². The van der Waals surface area contributed by atoms with Crippen LogP contribution >= 0.6 is 15.9 Å². The first-order valence-corrected chi connectivity index (χ1v) is 8.78. The molecule has 0 spiro atoms. The van der Waals surface area contributed by atoms with Crippen LogP contribution in [0.15, 0.2) is 47.5 Å². The first kappa shape index (κ1) is 18.3. The van der Waals surface area contributed by atoms with E-state index >= 15 is 0 Å². The molecule has 1 aliphatic rings. The van der Waals surface area contributed by atoms with Gasteiger partial charge in [0.05, 0.1) is 19.8 Å². The zero-order valence-electron chi connectivity index (χ0n) is 13.9. The van der Waals surface area contributed by atoms with E-state index in [4.69, 9.17) is 9.47 Å². The van der Waals surface area contributed by atoms with Gasteiger partial charge in [0, 0.05) is 27.1 Å². The van der Waals surface area contributed by atoms with E-state index in [9.17, 15) is 14.4 Å². The van der Waals surface area contributed by atoms with Crippen molar-refractivity contribution >= 4 is 44.5 Å². The molecule has 0 saturated heterocycles. The Labute approximate surface area is 158 Å². The number of rotatable bonds is 7. The molecule has 0 fully saturated rings. The maximum Gasteiger partial charge on any atom is 0.330 e. The summed E-state index contributed by atoms with van der Waals surface area (Å²) >= 11 is 3.46. The third kappa shape index (κ3) is 3.40. The number of nitrogens with zero attached hydrogens (tertiary/aromatic N) is 1. The lowest BCUT2D eigenvalue weighted by Crippen LogP contribution is -2.42. The maximum atomic E-state index is 12.7. The van der Waals surface area contributed by atoms with Gasteiger partial charge < -0.3 is 9.47 Å². The third-order valence-corrected chi connectivity index (χ3v) is 4.73. The number of halogens is 1. The largest absolute Gasteiger partial charge is 0.460 e. The van der Waals surface area contributed by atoms with Crippen molar-refractivity contribution in [2.45, 2.75) is 0 Å². The molecule has 0 radical (unpaired) electrons. The Morgan fingerprint density at radius 3 is 2.54 bits per heavy atom. The van der Waals surface area contributed by atoms with Crippen LogP contribution in [0.25, 0.3) is 10.8 Å². The lowest BCUT2D eigenvalue weighted by molar-refractivity contribution is -0.139. The summed E-state index contributed by atoms with van der Waals surface area (Å²) in [6.45, 7) is 3.84. The van der Waals surface area contributed by atoms with Crippen molar-refractivity contribution in [3.63, 3.8) is 0 Å². The minimum atomic E-state index is -0.522. The number of benzene rings is 2. The van der Waals surface area contributed by atoms with E-state index < -0.39 is 5.97 Å². The fourth-order valence-electron chi connectivity index (χ4n) is 2.83. The molecule has 6 nitrogen and oxygen atoms in total. The molecule has 134 valence electrons. The Morgan fingerprint density at radius 1 is 1.08 bits per heavy atom. The van der Waals surface area contributed by atoms with Crippen LogP contribution in [-0.4, -0.2) is 49.0 Å². The highest BCUT2D eigenvalue weighted by atomic mass is 79.9. The average molecular weight is 418 g/mol. The number of esters is 1. The lowest BCUT2D eigenvalue weighted by atomic mass is 9.94. The van der Waals surface area contributed by atoms with Crippen molar-refractivity contribution in [2.24, 2.45) is 0 Å². The van der Waals surface area contributed by atoms with Gasteiger partial charge in [-0.2, -0.15) is 0 Å². The number of hydrogen-bond donors (Lipinski definition) is 0. The summed E-state index contributed by atoms with van der Waals surface area (Å²) in [7, 11) is 0. The second kappa shape index (κ2) is 7.80. The van der Waals surface area contributed by atoms with E-state index in [-0.39, 0.29) is 38.2 Å². The van der Waals surface area contributed by atoms with E-state index in [1.165, 1.54) is 4.90 Å². The molecule has 0 aliphatic carbocycles. The maximum absolute atomic E-state index is 12.7. The normalized spacial score (nSPS) is 13.2. The monoisotopic (exact) mass is 417 g/mol. The second-order valence-corrected chi connectivity index (χ2v) is 6.42. The zero-order chi connectivity index (χ0) is 18.7. The number of amides is 2. The topological polar surface area (TPSA) is 72.9 Å². The Hall–Kier alpha value is -2.51. The lowest BCUT2D eigenvalue weighted by Gasteiger charge is -2.27. The standard InChI is InChI=1S/C19H16BrNO5/c1-2-16(22)26-11-10-25-9-8-21-18(23)13-5-3-4-12-15(20)7-6-14(17(12)13)19(21)24/h2-7H,1,8-11H2. The Bertz CT molecular complexity index is 886. The summed E-state index contributed by atoms with van der Waals surface area (Å²) in [6, 6.07) is 8.90. The summed E-state index contributed by atoms with van der Waals surface area (Å²) in [5, 5.41) is 1.51. The SMILES string of the molecule is C=CC(=O)OCCOCCN1C(=O)c2cccc3c(Br)ccc(c23)C1=O. The molecule has 0 bridgehead atoms. The summed E-state index contributed by atoms with van der Waals surface area (Å²) in [5.74, 6) is -1.20. The average Bonchev–Trinajstić information content (AvgIpc) is 2.65. The molecule has 1 aliphatic heterocycles. The third-order valence-electron chi connectivity index (χ3n) is 4.04. The van der Waals surface area contributed by atoms with Crippen LogP contribution in [0.4, 0.5) is 0 Å². The molecule has 0 unspecified atom stereocenters. The number of carbonyl (C=O) groups excluding carboxylic acids is 3. The molecule has 0 N–H and O–H groups in total. The van der Waals surface area contributed by atoms with E-state index in [2.05, 4.69) is 22.5 Å². The fourth-order valence-corrected chi connectivity index (χ4v) is 3.29. The summed E-state index contributed by atoms with van der Waals surface area (Å²) in [5.41, 5.74) is 0.997. The number of hydrogen-bond acceptors (Lipinski definition) is 5. The van der Waals surface area contributed by atoms with Gasteiger partial charge in [-0.3, -0.25) is 14.5 Å². The van der Waals surface area contributed by atoms with Crippen LogP contribution in [0.3, 0.4) is 0 Å². The quantitative estimate of drug-likeness (QED) is 0.299. The Kier molecular flexibility index (Phi) is 5.49. The first-order chi connectivity index (χ1) is 12.5. The molecule has 2 amide bonds. The number of imide groups is 1. The molecule has 26 heavy (non-hydrogen) atoms. The number of carbonyl (C=O) groups is 3. The zero-order valence-corrected chi connectivity index (χ0v) is 15.5. The van der Waals surface area contributed by atoms with Crippen LogP contribution < -0.4 is 0 Å². The highest BCUT2D eigenvalue weighted by Gasteiger charge is 2.32. The first-order valence-electron chi connectivity index (χ1n) is 7.99. The minimum absolute atomic E-state index is 0.0862. The van der Waals surface area contributed by atoms with Crippen LogP contribution in [-0.2, 0) is 14.3 Å². The summed E-state index contributed by atoms with van der Waals surface area (Å²) in [6.07, 6.45) is 1.07. The van der Waals surface area contributed by atoms with Crippen molar-refractivity contribution in [1.29, 1.82) is 0 Å². The Balaban J connectivity index is 1.69. The molecule has 7 heteroatoms. The van der Waals surface area contributed by atoms with Crippen LogP contribution in [0.5, 0.6) is 0 Å². The van der Waals surface area contributed by atoms with E-state index in [0.29, 0.717) is 16.5 Å². The van der Waals surface area contributed by atoms with Gasteiger partial charge in [-0.25, -0.2) is 4.79 Å². The number of ether oxygens (including phenoxy) is 2. The molecule has 2 aromatic rings. The summed E-state index contributed by atoms with van der Waals surface area (Å²) in [4.78, 5) is 37.5. The van der Waals surface area contributed by atoms with Gasteiger partial charge >= 0.3 is 5.97 Å². The van der Waals surface area contributed by atoms with E-state index in [1.807, 2.05) is 6.07 Å². The molecule has 0 saturated carbocycles.